The van der Waals surface area contributed by atoms with Crippen molar-refractivity contribution >= 4 is 28.7 Å². The molecule has 1 heterocycles. The Kier molecular flexibility index (Phi) is 11.0. The molecule has 4 aromatic rings. The highest BCUT2D eigenvalue weighted by Crippen LogP contribution is 2.38. The topological polar surface area (TPSA) is 119 Å². The number of hydrogen-bond acceptors (Lipinski definition) is 5. The third kappa shape index (κ3) is 7.58. The third-order valence-corrected chi connectivity index (χ3v) is 7.77. The highest BCUT2D eigenvalue weighted by Gasteiger charge is 2.28. The second-order valence-corrected chi connectivity index (χ2v) is 10.9. The minimum Gasteiger partial charge on any atom is -0.496 e. The van der Waals surface area contributed by atoms with E-state index < -0.39 is 17.8 Å². The molecule has 2 atom stereocenters. The van der Waals surface area contributed by atoms with Gasteiger partial charge in [0.15, 0.2) is 0 Å². The molecule has 44 heavy (non-hydrogen) atoms. The summed E-state index contributed by atoms with van der Waals surface area (Å²) in [6.45, 7) is 3.94. The number of rotatable bonds is 15. The summed E-state index contributed by atoms with van der Waals surface area (Å²) in [5.74, 6) is -0.846. The fraction of sp³-hybridized carbons (Fsp3) is 0.343. The number of carbonyl (C=O) groups excluding carboxylic acids is 2. The number of nitrogens with zero attached hydrogens (tertiary/aromatic N) is 1. The van der Waals surface area contributed by atoms with Crippen molar-refractivity contribution in [1.29, 1.82) is 0 Å². The number of carbonyl (C=O) groups is 3. The first kappa shape index (κ1) is 32.1. The van der Waals surface area contributed by atoms with Crippen LogP contribution in [-0.2, 0) is 16.1 Å². The second-order valence-electron chi connectivity index (χ2n) is 10.9. The number of methoxy groups -OCH3 is 2. The Bertz CT molecular complexity index is 1570. The maximum atomic E-state index is 14.0. The van der Waals surface area contributed by atoms with Crippen molar-refractivity contribution in [2.75, 3.05) is 20.8 Å². The van der Waals surface area contributed by atoms with E-state index in [2.05, 4.69) is 17.6 Å². The summed E-state index contributed by atoms with van der Waals surface area (Å²) < 4.78 is 13.0. The zero-order valence-electron chi connectivity index (χ0n) is 25.8. The second kappa shape index (κ2) is 15.1. The van der Waals surface area contributed by atoms with Gasteiger partial charge in [-0.15, -0.1) is 0 Å². The van der Waals surface area contributed by atoms with Gasteiger partial charge >= 0.3 is 5.97 Å². The summed E-state index contributed by atoms with van der Waals surface area (Å²) in [4.78, 5) is 38.9. The van der Waals surface area contributed by atoms with Crippen LogP contribution in [0.15, 0.2) is 72.8 Å². The summed E-state index contributed by atoms with van der Waals surface area (Å²) >= 11 is 0. The molecule has 2 amide bonds. The first-order valence-electron chi connectivity index (χ1n) is 14.9. The van der Waals surface area contributed by atoms with Crippen LogP contribution in [0, 0.1) is 6.92 Å². The fourth-order valence-corrected chi connectivity index (χ4v) is 5.64. The number of para-hydroxylation sites is 1. The first-order valence-corrected chi connectivity index (χ1v) is 14.9. The number of amides is 2. The molecular weight excluding hydrogens is 558 g/mol. The number of unbranched alkanes of at least 4 members (excludes halogenated alkanes) is 1. The Labute approximate surface area is 258 Å². The Morgan fingerprint density at radius 3 is 2.20 bits per heavy atom. The van der Waals surface area contributed by atoms with Gasteiger partial charge in [-0.25, -0.2) is 0 Å². The van der Waals surface area contributed by atoms with Gasteiger partial charge in [-0.2, -0.15) is 0 Å². The molecule has 3 N–H and O–H groups in total. The number of nitrogens with one attached hydrogen (secondary N) is 2. The predicted octanol–water partition coefficient (Wildman–Crippen LogP) is 6.00. The van der Waals surface area contributed by atoms with E-state index in [0.717, 1.165) is 34.9 Å². The quantitative estimate of drug-likeness (QED) is 0.154. The fourth-order valence-electron chi connectivity index (χ4n) is 5.64. The van der Waals surface area contributed by atoms with Crippen molar-refractivity contribution in [1.82, 2.24) is 15.2 Å². The largest absolute Gasteiger partial charge is 0.496 e. The molecule has 0 spiro atoms. The van der Waals surface area contributed by atoms with E-state index in [0.29, 0.717) is 29.9 Å². The van der Waals surface area contributed by atoms with Gasteiger partial charge in [0.05, 0.1) is 31.7 Å². The van der Waals surface area contributed by atoms with Gasteiger partial charge in [0.2, 0.25) is 5.91 Å². The lowest BCUT2D eigenvalue weighted by Gasteiger charge is -2.26. The van der Waals surface area contributed by atoms with Crippen LogP contribution in [0.5, 0.6) is 11.5 Å². The van der Waals surface area contributed by atoms with Crippen LogP contribution in [-0.4, -0.2) is 48.2 Å². The van der Waals surface area contributed by atoms with Crippen molar-refractivity contribution < 1.29 is 29.0 Å². The number of fused-ring (bicyclic) bond motifs is 1. The van der Waals surface area contributed by atoms with Crippen LogP contribution < -0.4 is 20.1 Å². The molecule has 9 heteroatoms. The first-order chi connectivity index (χ1) is 21.3. The average Bonchev–Trinajstić information content (AvgIpc) is 3.38. The van der Waals surface area contributed by atoms with E-state index in [1.54, 1.807) is 32.4 Å². The molecule has 0 radical (unpaired) electrons. The zero-order chi connectivity index (χ0) is 31.6. The summed E-state index contributed by atoms with van der Waals surface area (Å²) in [5.41, 5.74) is 3.54. The number of aliphatic carboxylic acids is 1. The number of aryl methyl sites for hydroxylation is 1. The highest BCUT2D eigenvalue weighted by molar-refractivity contribution is 5.99. The van der Waals surface area contributed by atoms with Gasteiger partial charge in [0.1, 0.15) is 23.7 Å². The minimum absolute atomic E-state index is 0.170. The minimum atomic E-state index is -1.04. The van der Waals surface area contributed by atoms with E-state index in [1.165, 1.54) is 4.57 Å². The molecule has 4 rings (SSSR count). The van der Waals surface area contributed by atoms with Crippen molar-refractivity contribution in [3.63, 3.8) is 0 Å². The number of ether oxygens (including phenoxy) is 2. The zero-order valence-corrected chi connectivity index (χ0v) is 25.8. The molecule has 1 aromatic heterocycles. The van der Waals surface area contributed by atoms with E-state index in [1.807, 2.05) is 61.5 Å². The van der Waals surface area contributed by atoms with E-state index in [4.69, 9.17) is 9.47 Å². The molecule has 232 valence electrons. The Morgan fingerprint density at radius 1 is 0.909 bits per heavy atom. The molecular formula is C35H41N3O6. The van der Waals surface area contributed by atoms with Crippen LogP contribution in [0.4, 0.5) is 0 Å². The summed E-state index contributed by atoms with van der Waals surface area (Å²) in [6, 6.07) is 22.0. The van der Waals surface area contributed by atoms with Gasteiger partial charge < -0.3 is 29.8 Å². The third-order valence-electron chi connectivity index (χ3n) is 7.77. The van der Waals surface area contributed by atoms with Crippen LogP contribution in [0.1, 0.15) is 71.7 Å². The standard InChI is InChI=1S/C35H41N3O6/c1-5-6-15-27(33-30(43-3)19-23(2)20-31(33)44-4)37-34(41)26(24-12-8-7-9-13-24)17-18-36-35(42)29-21-25-14-10-11-16-28(25)38(29)22-32(39)40/h7-14,16,19-21,26-27H,5-6,15,17-18,22H2,1-4H3,(H,36,42)(H,37,41)(H,39,40). The molecule has 0 aliphatic rings. The molecule has 3 aromatic carbocycles. The van der Waals surface area contributed by atoms with Crippen LogP contribution in [0.25, 0.3) is 10.9 Å². The van der Waals surface area contributed by atoms with Gasteiger partial charge in [-0.3, -0.25) is 14.4 Å². The van der Waals surface area contributed by atoms with Crippen LogP contribution in [0.3, 0.4) is 0 Å². The highest BCUT2D eigenvalue weighted by atomic mass is 16.5. The van der Waals surface area contributed by atoms with E-state index >= 15 is 0 Å². The lowest BCUT2D eigenvalue weighted by atomic mass is 9.92. The maximum absolute atomic E-state index is 14.0. The number of carboxylic acid groups (broad SMARTS) is 1. The molecule has 0 saturated carbocycles. The number of hydrogen-bond donors (Lipinski definition) is 3. The maximum Gasteiger partial charge on any atom is 0.323 e. The monoisotopic (exact) mass is 599 g/mol. The van der Waals surface area contributed by atoms with Gasteiger partial charge in [-0.05, 0) is 55.2 Å². The van der Waals surface area contributed by atoms with E-state index in [9.17, 15) is 19.5 Å². The SMILES string of the molecule is CCCCC(NC(=O)C(CCNC(=O)c1cc2ccccc2n1CC(=O)O)c1ccccc1)c1c(OC)cc(C)cc1OC. The molecule has 2 unspecified atom stereocenters. The summed E-state index contributed by atoms with van der Waals surface area (Å²) in [7, 11) is 3.23. The Hall–Kier alpha value is -4.79. The van der Waals surface area contributed by atoms with Gasteiger partial charge in [0.25, 0.3) is 5.91 Å². The summed E-state index contributed by atoms with van der Waals surface area (Å²) in [6.07, 6.45) is 2.88. The summed E-state index contributed by atoms with van der Waals surface area (Å²) in [5, 5.41) is 16.4. The Morgan fingerprint density at radius 2 is 1.57 bits per heavy atom. The number of carboxylic acids is 1. The molecule has 9 nitrogen and oxygen atoms in total. The number of aromatic nitrogens is 1. The Balaban J connectivity index is 1.57. The van der Waals surface area contributed by atoms with Crippen molar-refractivity contribution in [3.8, 4) is 11.5 Å². The van der Waals surface area contributed by atoms with Crippen molar-refractivity contribution in [2.24, 2.45) is 0 Å². The predicted molar refractivity (Wildman–Crippen MR) is 170 cm³/mol. The average molecular weight is 600 g/mol. The van der Waals surface area contributed by atoms with Gasteiger partial charge in [0, 0.05) is 17.4 Å². The molecule has 0 saturated heterocycles. The van der Waals surface area contributed by atoms with Gasteiger partial charge in [-0.1, -0.05) is 68.3 Å². The lowest BCUT2D eigenvalue weighted by molar-refractivity contribution is -0.137. The lowest BCUT2D eigenvalue weighted by Crippen LogP contribution is -2.36. The molecule has 0 bridgehead atoms. The number of benzene rings is 3. The molecule has 0 aliphatic heterocycles. The molecule has 0 fully saturated rings. The van der Waals surface area contributed by atoms with E-state index in [-0.39, 0.29) is 30.7 Å². The normalized spacial score (nSPS) is 12.4. The van der Waals surface area contributed by atoms with Crippen molar-refractivity contribution in [2.45, 2.75) is 58.0 Å². The molecule has 0 aliphatic carbocycles. The van der Waals surface area contributed by atoms with Crippen LogP contribution >= 0.6 is 0 Å². The van der Waals surface area contributed by atoms with Crippen molar-refractivity contribution in [3.05, 3.63) is 95.2 Å². The smallest absolute Gasteiger partial charge is 0.323 e. The van der Waals surface area contributed by atoms with Crippen LogP contribution in [0.2, 0.25) is 0 Å².